The normalized spacial score (nSPS) is 11.3. The number of esters is 1. The van der Waals surface area contributed by atoms with Crippen LogP contribution in [0.15, 0.2) is 29.2 Å². The highest BCUT2D eigenvalue weighted by Crippen LogP contribution is 2.10. The van der Waals surface area contributed by atoms with Crippen LogP contribution in [-0.4, -0.2) is 27.5 Å². The summed E-state index contributed by atoms with van der Waals surface area (Å²) in [5, 5.41) is 0. The van der Waals surface area contributed by atoms with Gasteiger partial charge in [-0.2, -0.15) is 0 Å². The minimum absolute atomic E-state index is 0.0949. The third-order valence-electron chi connectivity index (χ3n) is 2.26. The second-order valence-electron chi connectivity index (χ2n) is 3.76. The van der Waals surface area contributed by atoms with E-state index in [9.17, 15) is 17.6 Å². The summed E-state index contributed by atoms with van der Waals surface area (Å²) < 4.78 is 43.5. The first kappa shape index (κ1) is 15.6. The smallest absolute Gasteiger partial charge is 0.305 e. The molecule has 0 aliphatic rings. The van der Waals surface area contributed by atoms with Crippen molar-refractivity contribution >= 4 is 16.0 Å². The van der Waals surface area contributed by atoms with Crippen LogP contribution >= 0.6 is 0 Å². The number of rotatable bonds is 7. The molecule has 0 saturated heterocycles. The highest BCUT2D eigenvalue weighted by Gasteiger charge is 2.14. The number of hydrogen-bond donors (Lipinski definition) is 1. The summed E-state index contributed by atoms with van der Waals surface area (Å²) in [7, 11) is -3.74. The van der Waals surface area contributed by atoms with Crippen LogP contribution in [0.5, 0.6) is 0 Å². The Kier molecular flexibility index (Phi) is 5.91. The first-order chi connectivity index (χ1) is 8.95. The van der Waals surface area contributed by atoms with Crippen LogP contribution < -0.4 is 4.72 Å². The van der Waals surface area contributed by atoms with E-state index in [2.05, 4.69) is 4.72 Å². The lowest BCUT2D eigenvalue weighted by atomic mass is 10.3. The summed E-state index contributed by atoms with van der Waals surface area (Å²) in [4.78, 5) is 10.9. The Morgan fingerprint density at radius 2 is 2.16 bits per heavy atom. The summed E-state index contributed by atoms with van der Waals surface area (Å²) in [5.41, 5.74) is 0. The zero-order valence-corrected chi connectivity index (χ0v) is 11.4. The summed E-state index contributed by atoms with van der Waals surface area (Å²) in [6.07, 6.45) is 0.465. The molecule has 0 saturated carbocycles. The van der Waals surface area contributed by atoms with Crippen molar-refractivity contribution in [3.05, 3.63) is 30.1 Å². The molecule has 106 valence electrons. The van der Waals surface area contributed by atoms with E-state index in [4.69, 9.17) is 4.74 Å². The number of hydrogen-bond acceptors (Lipinski definition) is 4. The van der Waals surface area contributed by atoms with Gasteiger partial charge in [0.25, 0.3) is 0 Å². The van der Waals surface area contributed by atoms with Gasteiger partial charge in [-0.05, 0) is 31.5 Å². The van der Waals surface area contributed by atoms with Crippen molar-refractivity contribution in [2.75, 3.05) is 13.2 Å². The first-order valence-electron chi connectivity index (χ1n) is 5.86. The van der Waals surface area contributed by atoms with Crippen molar-refractivity contribution in [2.45, 2.75) is 24.7 Å². The number of halogens is 1. The third-order valence-corrected chi connectivity index (χ3v) is 3.72. The number of ether oxygens (including phenoxy) is 1. The van der Waals surface area contributed by atoms with Crippen LogP contribution in [0.2, 0.25) is 0 Å². The molecule has 0 amide bonds. The number of carbonyl (C=O) groups is 1. The van der Waals surface area contributed by atoms with Gasteiger partial charge in [0.05, 0.1) is 11.5 Å². The van der Waals surface area contributed by atoms with Crippen LogP contribution in [0.1, 0.15) is 19.8 Å². The van der Waals surface area contributed by atoms with Crippen LogP contribution in [0, 0.1) is 5.82 Å². The van der Waals surface area contributed by atoms with E-state index in [1.807, 2.05) is 0 Å². The highest BCUT2D eigenvalue weighted by molar-refractivity contribution is 7.89. The molecule has 0 unspecified atom stereocenters. The molecule has 0 fully saturated rings. The Morgan fingerprint density at radius 1 is 1.42 bits per heavy atom. The minimum Gasteiger partial charge on any atom is -0.466 e. The average Bonchev–Trinajstić information content (AvgIpc) is 2.35. The van der Waals surface area contributed by atoms with E-state index < -0.39 is 15.8 Å². The lowest BCUT2D eigenvalue weighted by molar-refractivity contribution is -0.143. The van der Waals surface area contributed by atoms with E-state index in [0.717, 1.165) is 6.07 Å². The van der Waals surface area contributed by atoms with Crippen molar-refractivity contribution in [2.24, 2.45) is 0 Å². The van der Waals surface area contributed by atoms with Crippen LogP contribution in [0.4, 0.5) is 4.39 Å². The van der Waals surface area contributed by atoms with Gasteiger partial charge in [-0.15, -0.1) is 0 Å². The summed E-state index contributed by atoms with van der Waals surface area (Å²) in [6, 6.07) is 4.73. The molecule has 1 N–H and O–H groups in total. The average molecular weight is 289 g/mol. The molecule has 7 heteroatoms. The Hall–Kier alpha value is -1.47. The van der Waals surface area contributed by atoms with Crippen LogP contribution in [0.3, 0.4) is 0 Å². The van der Waals surface area contributed by atoms with Gasteiger partial charge in [0, 0.05) is 13.0 Å². The van der Waals surface area contributed by atoms with Gasteiger partial charge >= 0.3 is 5.97 Å². The SMILES string of the molecule is CCOC(=O)CCCNS(=O)(=O)c1cccc(F)c1. The predicted octanol–water partition coefficient (Wildman–Crippen LogP) is 1.45. The molecule has 5 nitrogen and oxygen atoms in total. The van der Waals surface area contributed by atoms with Gasteiger partial charge in [-0.3, -0.25) is 4.79 Å². The predicted molar refractivity (Wildman–Crippen MR) is 67.5 cm³/mol. The monoisotopic (exact) mass is 289 g/mol. The molecule has 0 spiro atoms. The maximum Gasteiger partial charge on any atom is 0.305 e. The maximum atomic E-state index is 12.9. The van der Waals surface area contributed by atoms with Gasteiger partial charge in [0.2, 0.25) is 10.0 Å². The third kappa shape index (κ3) is 5.35. The summed E-state index contributed by atoms with van der Waals surface area (Å²) >= 11 is 0. The number of sulfonamides is 1. The Labute approximate surface area is 111 Å². The zero-order valence-electron chi connectivity index (χ0n) is 10.6. The molecule has 0 atom stereocenters. The molecular formula is C12H16FNO4S. The molecule has 0 aliphatic carbocycles. The van der Waals surface area contributed by atoms with E-state index in [0.29, 0.717) is 13.0 Å². The molecule has 0 aromatic heterocycles. The lowest BCUT2D eigenvalue weighted by Gasteiger charge is -2.06. The topological polar surface area (TPSA) is 72.5 Å². The molecule has 1 aromatic carbocycles. The van der Waals surface area contributed by atoms with Crippen molar-refractivity contribution in [3.8, 4) is 0 Å². The standard InChI is InChI=1S/C12H16FNO4S/c1-2-18-12(15)7-4-8-14-19(16,17)11-6-3-5-10(13)9-11/h3,5-6,9,14H,2,4,7-8H2,1H3. The molecule has 1 aromatic rings. The van der Waals surface area contributed by atoms with Crippen LogP contribution in [0.25, 0.3) is 0 Å². The van der Waals surface area contributed by atoms with E-state index in [1.165, 1.54) is 18.2 Å². The fraction of sp³-hybridized carbons (Fsp3) is 0.417. The van der Waals surface area contributed by atoms with E-state index in [1.54, 1.807) is 6.92 Å². The van der Waals surface area contributed by atoms with Crippen molar-refractivity contribution in [1.82, 2.24) is 4.72 Å². The number of benzene rings is 1. The van der Waals surface area contributed by atoms with Gasteiger partial charge in [-0.25, -0.2) is 17.5 Å². The zero-order chi connectivity index (χ0) is 14.3. The Morgan fingerprint density at radius 3 is 2.79 bits per heavy atom. The van der Waals surface area contributed by atoms with Crippen LogP contribution in [-0.2, 0) is 19.6 Å². The number of carbonyl (C=O) groups excluding carboxylic acids is 1. The second-order valence-corrected chi connectivity index (χ2v) is 5.53. The van der Waals surface area contributed by atoms with Gasteiger partial charge < -0.3 is 4.74 Å². The minimum atomic E-state index is -3.74. The number of nitrogens with one attached hydrogen (secondary N) is 1. The molecule has 0 heterocycles. The summed E-state index contributed by atoms with van der Waals surface area (Å²) in [5.74, 6) is -0.984. The van der Waals surface area contributed by atoms with E-state index in [-0.39, 0.29) is 23.8 Å². The molecule has 0 aliphatic heterocycles. The van der Waals surface area contributed by atoms with Crippen molar-refractivity contribution < 1.29 is 22.3 Å². The van der Waals surface area contributed by atoms with Crippen molar-refractivity contribution in [1.29, 1.82) is 0 Å². The molecular weight excluding hydrogens is 273 g/mol. The largest absolute Gasteiger partial charge is 0.466 e. The Bertz CT molecular complexity index is 530. The fourth-order valence-electron chi connectivity index (χ4n) is 1.39. The molecule has 19 heavy (non-hydrogen) atoms. The molecule has 0 bridgehead atoms. The highest BCUT2D eigenvalue weighted by atomic mass is 32.2. The Balaban J connectivity index is 2.46. The molecule has 1 rings (SSSR count). The van der Waals surface area contributed by atoms with Crippen molar-refractivity contribution in [3.63, 3.8) is 0 Å². The quantitative estimate of drug-likeness (QED) is 0.609. The maximum absolute atomic E-state index is 12.9. The van der Waals surface area contributed by atoms with Gasteiger partial charge in [0.1, 0.15) is 5.82 Å². The fourth-order valence-corrected chi connectivity index (χ4v) is 2.50. The van der Waals surface area contributed by atoms with Gasteiger partial charge in [0.15, 0.2) is 0 Å². The first-order valence-corrected chi connectivity index (χ1v) is 7.35. The van der Waals surface area contributed by atoms with E-state index >= 15 is 0 Å². The van der Waals surface area contributed by atoms with Gasteiger partial charge in [-0.1, -0.05) is 6.07 Å². The summed E-state index contributed by atoms with van der Waals surface area (Å²) in [6.45, 7) is 2.09. The lowest BCUT2D eigenvalue weighted by Crippen LogP contribution is -2.25. The second kappa shape index (κ2) is 7.20. The molecule has 0 radical (unpaired) electrons.